The van der Waals surface area contributed by atoms with Gasteiger partial charge < -0.3 is 15.3 Å². The zero-order valence-electron chi connectivity index (χ0n) is 11.3. The van der Waals surface area contributed by atoms with Gasteiger partial charge in [-0.3, -0.25) is 4.79 Å². The van der Waals surface area contributed by atoms with E-state index in [2.05, 4.69) is 22.1 Å². The third kappa shape index (κ3) is 4.47. The predicted octanol–water partition coefficient (Wildman–Crippen LogP) is 2.06. The summed E-state index contributed by atoms with van der Waals surface area (Å²) in [7, 11) is 0. The summed E-state index contributed by atoms with van der Waals surface area (Å²) in [4.78, 5) is 17.4. The fourth-order valence-electron chi connectivity index (χ4n) is 2.36. The van der Waals surface area contributed by atoms with E-state index in [-0.39, 0.29) is 6.42 Å². The molecule has 2 heterocycles. The maximum atomic E-state index is 10.5. The van der Waals surface area contributed by atoms with Crippen molar-refractivity contribution in [2.24, 2.45) is 0 Å². The van der Waals surface area contributed by atoms with Gasteiger partial charge in [-0.1, -0.05) is 6.92 Å². The van der Waals surface area contributed by atoms with Crippen LogP contribution in [0.5, 0.6) is 0 Å². The molecule has 0 amide bonds. The van der Waals surface area contributed by atoms with Gasteiger partial charge in [0.1, 0.15) is 0 Å². The largest absolute Gasteiger partial charge is 0.481 e. The van der Waals surface area contributed by atoms with Crippen molar-refractivity contribution in [3.8, 4) is 0 Å². The highest BCUT2D eigenvalue weighted by atomic mass is 32.1. The molecular formula is C13H21N3O2S. The number of hydrogen-bond donors (Lipinski definition) is 2. The molecule has 0 saturated carbocycles. The summed E-state index contributed by atoms with van der Waals surface area (Å²) in [6.07, 6.45) is 3.07. The second-order valence-electron chi connectivity index (χ2n) is 4.91. The smallest absolute Gasteiger partial charge is 0.303 e. The molecule has 0 bridgehead atoms. The molecule has 1 aromatic rings. The van der Waals surface area contributed by atoms with Crippen molar-refractivity contribution in [1.82, 2.24) is 9.88 Å². The standard InChI is InChI=1S/C13H21N3O2S/c1-2-16-7-3-4-10(8-16)14-13-15-11(9-19-13)5-6-12(17)18/h9-10H,2-8H2,1H3,(H,14,15)(H,17,18). The number of likely N-dealkylation sites (N-methyl/N-ethyl adjacent to an activating group) is 1. The van der Waals surface area contributed by atoms with Crippen LogP contribution in [0.3, 0.4) is 0 Å². The second-order valence-corrected chi connectivity index (χ2v) is 5.77. The van der Waals surface area contributed by atoms with Crippen molar-refractivity contribution in [3.63, 3.8) is 0 Å². The number of piperidine rings is 1. The van der Waals surface area contributed by atoms with E-state index in [9.17, 15) is 4.79 Å². The van der Waals surface area contributed by atoms with Crippen LogP contribution in [0.15, 0.2) is 5.38 Å². The zero-order chi connectivity index (χ0) is 13.7. The lowest BCUT2D eigenvalue weighted by Crippen LogP contribution is -2.41. The number of nitrogens with zero attached hydrogens (tertiary/aromatic N) is 2. The van der Waals surface area contributed by atoms with Crippen molar-refractivity contribution < 1.29 is 9.90 Å². The lowest BCUT2D eigenvalue weighted by Gasteiger charge is -2.32. The van der Waals surface area contributed by atoms with Gasteiger partial charge in [-0.2, -0.15) is 0 Å². The Balaban J connectivity index is 1.83. The first kappa shape index (κ1) is 14.3. The SMILES string of the molecule is CCN1CCCC(Nc2nc(CCC(=O)O)cs2)C1. The summed E-state index contributed by atoms with van der Waals surface area (Å²) in [5, 5.41) is 15.0. The van der Waals surface area contributed by atoms with E-state index in [1.165, 1.54) is 19.4 Å². The number of aliphatic carboxylic acids is 1. The Kier molecular flexibility index (Phi) is 5.15. The molecule has 5 nitrogen and oxygen atoms in total. The Hall–Kier alpha value is -1.14. The molecule has 0 aliphatic carbocycles. The van der Waals surface area contributed by atoms with Crippen molar-refractivity contribution in [2.45, 2.75) is 38.6 Å². The van der Waals surface area contributed by atoms with Crippen LogP contribution in [0.1, 0.15) is 31.9 Å². The number of carbonyl (C=O) groups is 1. The number of nitrogens with one attached hydrogen (secondary N) is 1. The number of likely N-dealkylation sites (tertiary alicyclic amines) is 1. The van der Waals surface area contributed by atoms with E-state index in [4.69, 9.17) is 5.11 Å². The number of carboxylic acid groups (broad SMARTS) is 1. The van der Waals surface area contributed by atoms with Gasteiger partial charge in [0.15, 0.2) is 5.13 Å². The fourth-order valence-corrected chi connectivity index (χ4v) is 3.18. The van der Waals surface area contributed by atoms with E-state index in [1.54, 1.807) is 11.3 Å². The van der Waals surface area contributed by atoms with Crippen LogP contribution in [0.25, 0.3) is 0 Å². The summed E-state index contributed by atoms with van der Waals surface area (Å²) in [5.41, 5.74) is 0.873. The molecule has 6 heteroatoms. The summed E-state index contributed by atoms with van der Waals surface area (Å²) < 4.78 is 0. The maximum Gasteiger partial charge on any atom is 0.303 e. The topological polar surface area (TPSA) is 65.5 Å². The van der Waals surface area contributed by atoms with Crippen LogP contribution in [-0.2, 0) is 11.2 Å². The Morgan fingerprint density at radius 2 is 2.53 bits per heavy atom. The van der Waals surface area contributed by atoms with Crippen LogP contribution >= 0.6 is 11.3 Å². The van der Waals surface area contributed by atoms with Gasteiger partial charge in [0, 0.05) is 24.4 Å². The molecule has 1 aliphatic heterocycles. The fraction of sp³-hybridized carbons (Fsp3) is 0.692. The first-order valence-corrected chi connectivity index (χ1v) is 7.70. The number of anilines is 1. The summed E-state index contributed by atoms with van der Waals surface area (Å²) in [6, 6.07) is 0.465. The molecule has 1 fully saturated rings. The first-order valence-electron chi connectivity index (χ1n) is 6.82. The molecule has 1 aromatic heterocycles. The molecule has 1 atom stereocenters. The van der Waals surface area contributed by atoms with Gasteiger partial charge in [-0.15, -0.1) is 11.3 Å². The maximum absolute atomic E-state index is 10.5. The van der Waals surface area contributed by atoms with Crippen LogP contribution in [0.4, 0.5) is 5.13 Å². The van der Waals surface area contributed by atoms with Crippen LogP contribution in [0.2, 0.25) is 0 Å². The van der Waals surface area contributed by atoms with Gasteiger partial charge in [0.05, 0.1) is 12.1 Å². The van der Waals surface area contributed by atoms with E-state index in [0.717, 1.165) is 23.9 Å². The number of aromatic nitrogens is 1. The molecule has 1 saturated heterocycles. The monoisotopic (exact) mass is 283 g/mol. The number of thiazole rings is 1. The van der Waals surface area contributed by atoms with E-state index in [1.807, 2.05) is 5.38 Å². The normalized spacial score (nSPS) is 20.4. The average Bonchev–Trinajstić information content (AvgIpc) is 2.84. The minimum Gasteiger partial charge on any atom is -0.481 e. The Morgan fingerprint density at radius 3 is 3.26 bits per heavy atom. The molecule has 2 rings (SSSR count). The summed E-state index contributed by atoms with van der Waals surface area (Å²) >= 11 is 1.57. The molecule has 2 N–H and O–H groups in total. The van der Waals surface area contributed by atoms with Crippen LogP contribution in [0, 0.1) is 0 Å². The van der Waals surface area contributed by atoms with Gasteiger partial charge in [0.2, 0.25) is 0 Å². The van der Waals surface area contributed by atoms with E-state index >= 15 is 0 Å². The highest BCUT2D eigenvalue weighted by Gasteiger charge is 2.19. The average molecular weight is 283 g/mol. The first-order chi connectivity index (χ1) is 9.17. The minimum absolute atomic E-state index is 0.149. The van der Waals surface area contributed by atoms with Crippen molar-refractivity contribution in [2.75, 3.05) is 25.0 Å². The lowest BCUT2D eigenvalue weighted by atomic mass is 10.1. The van der Waals surface area contributed by atoms with Gasteiger partial charge in [-0.05, 0) is 25.9 Å². The number of hydrogen-bond acceptors (Lipinski definition) is 5. The van der Waals surface area contributed by atoms with Gasteiger partial charge in [-0.25, -0.2) is 4.98 Å². The van der Waals surface area contributed by atoms with Gasteiger partial charge >= 0.3 is 5.97 Å². The summed E-state index contributed by atoms with van der Waals surface area (Å²) in [6.45, 7) is 5.55. The quantitative estimate of drug-likeness (QED) is 0.836. The third-order valence-electron chi connectivity index (χ3n) is 3.43. The van der Waals surface area contributed by atoms with Crippen LogP contribution < -0.4 is 5.32 Å². The van der Waals surface area contributed by atoms with E-state index in [0.29, 0.717) is 12.5 Å². The Bertz CT molecular complexity index is 422. The van der Waals surface area contributed by atoms with Crippen molar-refractivity contribution >= 4 is 22.4 Å². The second kappa shape index (κ2) is 6.86. The number of aryl methyl sites for hydroxylation is 1. The summed E-state index contributed by atoms with van der Waals surface area (Å²) in [5.74, 6) is -0.770. The van der Waals surface area contributed by atoms with Crippen molar-refractivity contribution in [3.05, 3.63) is 11.1 Å². The van der Waals surface area contributed by atoms with Crippen molar-refractivity contribution in [1.29, 1.82) is 0 Å². The molecule has 1 aliphatic rings. The Morgan fingerprint density at radius 1 is 1.68 bits per heavy atom. The molecule has 19 heavy (non-hydrogen) atoms. The van der Waals surface area contributed by atoms with E-state index < -0.39 is 5.97 Å². The molecule has 0 aromatic carbocycles. The predicted molar refractivity (Wildman–Crippen MR) is 76.8 cm³/mol. The highest BCUT2D eigenvalue weighted by Crippen LogP contribution is 2.20. The minimum atomic E-state index is -0.770. The molecular weight excluding hydrogens is 262 g/mol. The number of carboxylic acids is 1. The van der Waals surface area contributed by atoms with Gasteiger partial charge in [0.25, 0.3) is 0 Å². The lowest BCUT2D eigenvalue weighted by molar-refractivity contribution is -0.136. The Labute approximate surface area is 117 Å². The molecule has 106 valence electrons. The van der Waals surface area contributed by atoms with Crippen LogP contribution in [-0.4, -0.2) is 46.6 Å². The molecule has 0 spiro atoms. The molecule has 1 unspecified atom stereocenters. The molecule has 0 radical (unpaired) electrons. The number of rotatable bonds is 6. The zero-order valence-corrected chi connectivity index (χ0v) is 12.1. The third-order valence-corrected chi connectivity index (χ3v) is 4.25. The highest BCUT2D eigenvalue weighted by molar-refractivity contribution is 7.13.